The topological polar surface area (TPSA) is 30.2 Å². The second-order valence-corrected chi connectivity index (χ2v) is 6.01. The number of aryl methyl sites for hydroxylation is 1. The summed E-state index contributed by atoms with van der Waals surface area (Å²) in [6, 6.07) is 8.97. The number of fused-ring (bicyclic) bond motifs is 3. The first-order valence-corrected chi connectivity index (χ1v) is 7.74. The first-order valence-electron chi connectivity index (χ1n) is 6.95. The van der Waals surface area contributed by atoms with Gasteiger partial charge in [0.1, 0.15) is 0 Å². The fraction of sp³-hybridized carbons (Fsp3) is 0.235. The summed E-state index contributed by atoms with van der Waals surface area (Å²) in [5.74, 6) is -0.414. The lowest BCUT2D eigenvalue weighted by Gasteiger charge is -2.07. The van der Waals surface area contributed by atoms with Crippen LogP contribution in [0.25, 0.3) is 21.7 Å². The summed E-state index contributed by atoms with van der Waals surface area (Å²) >= 11 is 3.33. The van der Waals surface area contributed by atoms with Gasteiger partial charge in [0, 0.05) is 15.2 Å². The van der Waals surface area contributed by atoms with Crippen molar-refractivity contribution < 1.29 is 8.81 Å². The van der Waals surface area contributed by atoms with Crippen LogP contribution in [0.4, 0.5) is 4.39 Å². The average molecular weight is 349 g/mol. The number of halogens is 2. The van der Waals surface area contributed by atoms with Crippen LogP contribution in [0.3, 0.4) is 0 Å². The SMILES string of the molecule is CCCCc1ccc2c(oc(=O)c3cc(Br)ccc32)c1F. The molecule has 0 aliphatic carbocycles. The Morgan fingerprint density at radius 1 is 1.14 bits per heavy atom. The van der Waals surface area contributed by atoms with E-state index in [1.54, 1.807) is 12.1 Å². The van der Waals surface area contributed by atoms with Crippen LogP contribution in [0.15, 0.2) is 44.0 Å². The number of unbranched alkanes of at least 4 members (excludes halogenated alkanes) is 1. The molecule has 0 N–H and O–H groups in total. The van der Waals surface area contributed by atoms with Crippen molar-refractivity contribution in [2.45, 2.75) is 26.2 Å². The molecule has 0 saturated heterocycles. The first-order chi connectivity index (χ1) is 10.1. The van der Waals surface area contributed by atoms with E-state index >= 15 is 0 Å². The van der Waals surface area contributed by atoms with E-state index in [9.17, 15) is 9.18 Å². The van der Waals surface area contributed by atoms with Gasteiger partial charge in [-0.2, -0.15) is 0 Å². The molecule has 0 aliphatic rings. The monoisotopic (exact) mass is 348 g/mol. The summed E-state index contributed by atoms with van der Waals surface area (Å²) in [6.45, 7) is 2.06. The molecular formula is C17H14BrFO2. The van der Waals surface area contributed by atoms with Gasteiger partial charge in [-0.3, -0.25) is 0 Å². The summed E-state index contributed by atoms with van der Waals surface area (Å²) in [5.41, 5.74) is 0.151. The second kappa shape index (κ2) is 5.60. The third kappa shape index (κ3) is 2.48. The maximum absolute atomic E-state index is 14.5. The van der Waals surface area contributed by atoms with Crippen LogP contribution in [0.2, 0.25) is 0 Å². The van der Waals surface area contributed by atoms with Crippen LogP contribution in [0.1, 0.15) is 25.3 Å². The van der Waals surface area contributed by atoms with Gasteiger partial charge in [0.25, 0.3) is 0 Å². The minimum atomic E-state index is -0.509. The van der Waals surface area contributed by atoms with E-state index in [0.29, 0.717) is 28.1 Å². The van der Waals surface area contributed by atoms with Crippen LogP contribution in [-0.2, 0) is 6.42 Å². The van der Waals surface area contributed by atoms with E-state index in [4.69, 9.17) is 4.42 Å². The third-order valence-electron chi connectivity index (χ3n) is 3.66. The highest BCUT2D eigenvalue weighted by Crippen LogP contribution is 2.28. The molecule has 108 valence electrons. The summed E-state index contributed by atoms with van der Waals surface area (Å²) < 4.78 is 20.6. The average Bonchev–Trinajstić information content (AvgIpc) is 2.48. The zero-order valence-electron chi connectivity index (χ0n) is 11.6. The maximum Gasteiger partial charge on any atom is 0.344 e. The molecule has 0 fully saturated rings. The van der Waals surface area contributed by atoms with Crippen LogP contribution in [0.5, 0.6) is 0 Å². The van der Waals surface area contributed by atoms with Crippen molar-refractivity contribution in [2.24, 2.45) is 0 Å². The minimum absolute atomic E-state index is 0.0587. The molecule has 0 spiro atoms. The second-order valence-electron chi connectivity index (χ2n) is 5.10. The van der Waals surface area contributed by atoms with Gasteiger partial charge in [-0.25, -0.2) is 9.18 Å². The van der Waals surface area contributed by atoms with E-state index in [-0.39, 0.29) is 5.58 Å². The number of hydrogen-bond donors (Lipinski definition) is 0. The zero-order valence-corrected chi connectivity index (χ0v) is 13.2. The minimum Gasteiger partial charge on any atom is -0.419 e. The molecule has 3 rings (SSSR count). The smallest absolute Gasteiger partial charge is 0.344 e. The summed E-state index contributed by atoms with van der Waals surface area (Å²) in [7, 11) is 0. The highest BCUT2D eigenvalue weighted by molar-refractivity contribution is 9.10. The molecule has 3 aromatic rings. The largest absolute Gasteiger partial charge is 0.419 e. The fourth-order valence-electron chi connectivity index (χ4n) is 2.54. The normalized spacial score (nSPS) is 11.4. The summed E-state index contributed by atoms with van der Waals surface area (Å²) in [6.07, 6.45) is 2.56. The predicted molar refractivity (Wildman–Crippen MR) is 86.3 cm³/mol. The molecule has 0 saturated carbocycles. The van der Waals surface area contributed by atoms with Crippen molar-refractivity contribution in [1.29, 1.82) is 0 Å². The standard InChI is InChI=1S/C17H14BrFO2/c1-2-3-4-10-5-7-13-12-8-6-11(18)9-14(12)17(20)21-16(13)15(10)19/h5-9H,2-4H2,1H3. The lowest BCUT2D eigenvalue weighted by Crippen LogP contribution is -2.02. The molecule has 4 heteroatoms. The molecule has 2 aromatic carbocycles. The molecule has 1 heterocycles. The summed E-state index contributed by atoms with van der Waals surface area (Å²) in [4.78, 5) is 12.1. The van der Waals surface area contributed by atoms with Gasteiger partial charge in [0.15, 0.2) is 11.4 Å². The van der Waals surface area contributed by atoms with E-state index in [1.807, 2.05) is 18.2 Å². The van der Waals surface area contributed by atoms with Crippen LogP contribution < -0.4 is 5.63 Å². The van der Waals surface area contributed by atoms with Crippen LogP contribution >= 0.6 is 15.9 Å². The summed E-state index contributed by atoms with van der Waals surface area (Å²) in [5, 5.41) is 1.80. The lowest BCUT2D eigenvalue weighted by molar-refractivity contribution is 0.523. The maximum atomic E-state index is 14.5. The predicted octanol–water partition coefficient (Wildman–Crippen LogP) is 5.19. The van der Waals surface area contributed by atoms with Crippen molar-refractivity contribution in [1.82, 2.24) is 0 Å². The Morgan fingerprint density at radius 2 is 1.90 bits per heavy atom. The zero-order chi connectivity index (χ0) is 15.0. The Kier molecular flexibility index (Phi) is 3.81. The first kappa shape index (κ1) is 14.3. The molecule has 0 bridgehead atoms. The van der Waals surface area contributed by atoms with E-state index < -0.39 is 11.4 Å². The molecule has 21 heavy (non-hydrogen) atoms. The number of benzene rings is 2. The highest BCUT2D eigenvalue weighted by Gasteiger charge is 2.14. The van der Waals surface area contributed by atoms with E-state index in [2.05, 4.69) is 22.9 Å². The van der Waals surface area contributed by atoms with Crippen molar-refractivity contribution in [3.05, 3.63) is 56.6 Å². The van der Waals surface area contributed by atoms with Crippen LogP contribution in [0, 0.1) is 5.82 Å². The van der Waals surface area contributed by atoms with Gasteiger partial charge in [-0.05, 0) is 30.5 Å². The van der Waals surface area contributed by atoms with Crippen molar-refractivity contribution in [3.8, 4) is 0 Å². The molecule has 0 aliphatic heterocycles. The molecule has 0 unspecified atom stereocenters. The Hall–Kier alpha value is -1.68. The third-order valence-corrected chi connectivity index (χ3v) is 4.16. The molecule has 0 radical (unpaired) electrons. The van der Waals surface area contributed by atoms with Gasteiger partial charge in [-0.1, -0.05) is 47.5 Å². The Bertz CT molecular complexity index is 883. The number of hydrogen-bond acceptors (Lipinski definition) is 2. The number of rotatable bonds is 3. The molecule has 0 atom stereocenters. The van der Waals surface area contributed by atoms with E-state index in [1.165, 1.54) is 0 Å². The molecular weight excluding hydrogens is 335 g/mol. The van der Waals surface area contributed by atoms with Crippen molar-refractivity contribution >= 4 is 37.7 Å². The van der Waals surface area contributed by atoms with Gasteiger partial charge >= 0.3 is 5.63 Å². The quantitative estimate of drug-likeness (QED) is 0.481. The molecule has 0 amide bonds. The Morgan fingerprint density at radius 3 is 2.67 bits per heavy atom. The Balaban J connectivity index is 2.33. The van der Waals surface area contributed by atoms with Gasteiger partial charge in [0.05, 0.1) is 5.39 Å². The molecule has 1 aromatic heterocycles. The highest BCUT2D eigenvalue weighted by atomic mass is 79.9. The van der Waals surface area contributed by atoms with Gasteiger partial charge in [-0.15, -0.1) is 0 Å². The Labute approximate surface area is 129 Å². The van der Waals surface area contributed by atoms with Gasteiger partial charge < -0.3 is 4.42 Å². The van der Waals surface area contributed by atoms with Gasteiger partial charge in [0.2, 0.25) is 0 Å². The lowest BCUT2D eigenvalue weighted by atomic mass is 10.0. The van der Waals surface area contributed by atoms with Crippen LogP contribution in [-0.4, -0.2) is 0 Å². The van der Waals surface area contributed by atoms with Crippen molar-refractivity contribution in [2.75, 3.05) is 0 Å². The fourth-order valence-corrected chi connectivity index (χ4v) is 2.90. The van der Waals surface area contributed by atoms with E-state index in [0.717, 1.165) is 17.3 Å². The molecule has 2 nitrogen and oxygen atoms in total. The van der Waals surface area contributed by atoms with Crippen molar-refractivity contribution in [3.63, 3.8) is 0 Å².